The van der Waals surface area contributed by atoms with Crippen LogP contribution >= 0.6 is 0 Å². The topological polar surface area (TPSA) is 106 Å². The number of rotatable bonds is 5. The van der Waals surface area contributed by atoms with Gasteiger partial charge in [0.25, 0.3) is 11.8 Å². The van der Waals surface area contributed by atoms with Gasteiger partial charge in [-0.3, -0.25) is 4.79 Å². The molecule has 0 unspecified atom stereocenters. The molecule has 0 N–H and O–H groups in total. The summed E-state index contributed by atoms with van der Waals surface area (Å²) in [7, 11) is 1.44. The predicted octanol–water partition coefficient (Wildman–Crippen LogP) is 2.75. The van der Waals surface area contributed by atoms with Crippen LogP contribution in [-0.2, 0) is 0 Å². The van der Waals surface area contributed by atoms with Gasteiger partial charge in [0.15, 0.2) is 5.75 Å². The smallest absolute Gasteiger partial charge is 0.259 e. The Balaban J connectivity index is 1.61. The molecule has 4 rings (SSSR count). The largest absolute Gasteiger partial charge is 0.490 e. The predicted molar refractivity (Wildman–Crippen MR) is 111 cm³/mol. The van der Waals surface area contributed by atoms with Crippen LogP contribution in [0.4, 0.5) is 4.39 Å². The minimum atomic E-state index is -0.648. The summed E-state index contributed by atoms with van der Waals surface area (Å²) < 4.78 is 26.1. The van der Waals surface area contributed by atoms with Crippen LogP contribution in [0.2, 0.25) is 0 Å². The maximum Gasteiger partial charge on any atom is 0.259 e. The molecule has 0 saturated carbocycles. The number of amides is 1. The van der Waals surface area contributed by atoms with Crippen LogP contribution in [0.1, 0.15) is 35.7 Å². The van der Waals surface area contributed by atoms with Crippen LogP contribution in [0.15, 0.2) is 42.9 Å². The summed E-state index contributed by atoms with van der Waals surface area (Å²) in [5.74, 6) is -0.689. The second-order valence-electron chi connectivity index (χ2n) is 7.38. The van der Waals surface area contributed by atoms with Gasteiger partial charge in [-0.1, -0.05) is 6.07 Å². The number of piperidine rings is 1. The molecule has 1 saturated heterocycles. The fourth-order valence-electron chi connectivity index (χ4n) is 3.78. The Hall–Kier alpha value is -4.00. The van der Waals surface area contributed by atoms with E-state index in [1.807, 2.05) is 13.0 Å². The van der Waals surface area contributed by atoms with Crippen molar-refractivity contribution in [2.75, 3.05) is 13.7 Å². The number of carbonyl (C=O) groups excluding carboxylic acids is 1. The first-order valence-corrected chi connectivity index (χ1v) is 10.1. The average molecular weight is 436 g/mol. The molecule has 1 fully saturated rings. The fraction of sp³-hybridized carbons (Fsp3) is 0.318. The summed E-state index contributed by atoms with van der Waals surface area (Å²) in [6, 6.07) is 7.80. The van der Waals surface area contributed by atoms with Gasteiger partial charge in [-0.15, -0.1) is 0 Å². The van der Waals surface area contributed by atoms with Crippen LogP contribution in [0.25, 0.3) is 5.69 Å². The Morgan fingerprint density at radius 2 is 2.00 bits per heavy atom. The first kappa shape index (κ1) is 21.2. The van der Waals surface area contributed by atoms with Crippen LogP contribution in [0.3, 0.4) is 0 Å². The molecule has 1 amide bonds. The summed E-state index contributed by atoms with van der Waals surface area (Å²) in [5.41, 5.74) is 0.469. The fourth-order valence-corrected chi connectivity index (χ4v) is 3.78. The van der Waals surface area contributed by atoms with E-state index in [4.69, 9.17) is 9.47 Å². The van der Waals surface area contributed by atoms with E-state index in [9.17, 15) is 14.4 Å². The molecule has 1 aliphatic rings. The number of halogens is 1. The van der Waals surface area contributed by atoms with Crippen LogP contribution < -0.4 is 9.47 Å². The number of aromatic nitrogens is 4. The number of hydrogen-bond acceptors (Lipinski definition) is 7. The van der Waals surface area contributed by atoms with Crippen molar-refractivity contribution in [3.8, 4) is 23.4 Å². The Kier molecular flexibility index (Phi) is 5.98. The minimum absolute atomic E-state index is 0.0987. The van der Waals surface area contributed by atoms with Gasteiger partial charge in [0.05, 0.1) is 26.0 Å². The number of nitriles is 1. The van der Waals surface area contributed by atoms with Crippen molar-refractivity contribution >= 4 is 5.91 Å². The zero-order valence-corrected chi connectivity index (χ0v) is 17.6. The van der Waals surface area contributed by atoms with Gasteiger partial charge in [-0.25, -0.2) is 9.37 Å². The third-order valence-corrected chi connectivity index (χ3v) is 5.41. The van der Waals surface area contributed by atoms with Crippen molar-refractivity contribution in [3.05, 3.63) is 59.8 Å². The number of benzene rings is 1. The van der Waals surface area contributed by atoms with Gasteiger partial charge in [-0.2, -0.15) is 20.3 Å². The zero-order chi connectivity index (χ0) is 22.7. The second-order valence-corrected chi connectivity index (χ2v) is 7.38. The number of methoxy groups -OCH3 is 1. The quantitative estimate of drug-likeness (QED) is 0.605. The monoisotopic (exact) mass is 436 g/mol. The highest BCUT2D eigenvalue weighted by Crippen LogP contribution is 2.31. The SMILES string of the molecule is COc1c(C#N)ccnc1O[C@@H]1CC[C@@H](C)N(C(=O)c2c(F)cccc2-n2nccn2)C1. The van der Waals surface area contributed by atoms with E-state index in [1.165, 1.54) is 48.7 Å². The van der Waals surface area contributed by atoms with Gasteiger partial charge in [-0.05, 0) is 38.0 Å². The van der Waals surface area contributed by atoms with Crippen LogP contribution in [0, 0.1) is 17.1 Å². The number of hydrogen-bond donors (Lipinski definition) is 0. The zero-order valence-electron chi connectivity index (χ0n) is 17.6. The van der Waals surface area contributed by atoms with Gasteiger partial charge < -0.3 is 14.4 Å². The lowest BCUT2D eigenvalue weighted by molar-refractivity contribution is 0.0361. The molecule has 32 heavy (non-hydrogen) atoms. The molecule has 1 aromatic carbocycles. The summed E-state index contributed by atoms with van der Waals surface area (Å²) >= 11 is 0. The summed E-state index contributed by atoms with van der Waals surface area (Å²) in [6.45, 7) is 2.14. The van der Waals surface area contributed by atoms with Gasteiger partial charge in [0, 0.05) is 12.2 Å². The molecule has 1 aliphatic heterocycles. The molecule has 0 radical (unpaired) electrons. The molecule has 3 heterocycles. The van der Waals surface area contributed by atoms with Crippen molar-refractivity contribution in [1.82, 2.24) is 24.9 Å². The maximum absolute atomic E-state index is 14.8. The lowest BCUT2D eigenvalue weighted by Crippen LogP contribution is -2.49. The highest BCUT2D eigenvalue weighted by Gasteiger charge is 2.34. The molecular weight excluding hydrogens is 415 g/mol. The minimum Gasteiger partial charge on any atom is -0.490 e. The summed E-state index contributed by atoms with van der Waals surface area (Å²) in [4.78, 5) is 20.4. The van der Waals surface area contributed by atoms with Crippen LogP contribution in [-0.4, -0.2) is 56.6 Å². The van der Waals surface area contributed by atoms with E-state index in [1.54, 1.807) is 11.0 Å². The van der Waals surface area contributed by atoms with E-state index in [-0.39, 0.29) is 35.5 Å². The first-order valence-electron chi connectivity index (χ1n) is 10.1. The second kappa shape index (κ2) is 9.01. The van der Waals surface area contributed by atoms with E-state index in [2.05, 4.69) is 15.2 Å². The van der Waals surface area contributed by atoms with E-state index < -0.39 is 17.8 Å². The standard InChI is InChI=1S/C22H21FN6O3/c1-14-6-7-16(32-21-20(31-2)15(12-24)8-9-25-21)13-28(14)22(30)19-17(23)4-3-5-18(19)29-26-10-11-27-29/h3-5,8-11,14,16H,6-7,13H2,1-2H3/t14-,16-/m1/s1. The number of likely N-dealkylation sites (tertiary alicyclic amines) is 1. The third kappa shape index (κ3) is 3.97. The number of ether oxygens (including phenoxy) is 2. The molecule has 0 bridgehead atoms. The third-order valence-electron chi connectivity index (χ3n) is 5.41. The van der Waals surface area contributed by atoms with Gasteiger partial charge in [0.2, 0.25) is 0 Å². The number of pyridine rings is 1. The highest BCUT2D eigenvalue weighted by atomic mass is 19.1. The number of carbonyl (C=O) groups is 1. The Morgan fingerprint density at radius 1 is 1.22 bits per heavy atom. The van der Waals surface area contributed by atoms with E-state index >= 15 is 0 Å². The molecule has 9 nitrogen and oxygen atoms in total. The Labute approximate surface area is 184 Å². The van der Waals surface area contributed by atoms with Gasteiger partial charge >= 0.3 is 0 Å². The molecule has 2 aromatic heterocycles. The highest BCUT2D eigenvalue weighted by molar-refractivity contribution is 5.98. The van der Waals surface area contributed by atoms with Crippen LogP contribution in [0.5, 0.6) is 11.6 Å². The summed E-state index contributed by atoms with van der Waals surface area (Å²) in [5, 5.41) is 17.3. The molecule has 0 spiro atoms. The van der Waals surface area contributed by atoms with Crippen molar-refractivity contribution in [2.45, 2.75) is 31.9 Å². The van der Waals surface area contributed by atoms with Crippen molar-refractivity contribution < 1.29 is 18.7 Å². The molecule has 2 atom stereocenters. The van der Waals surface area contributed by atoms with Crippen molar-refractivity contribution in [2.24, 2.45) is 0 Å². The molecule has 3 aromatic rings. The summed E-state index contributed by atoms with van der Waals surface area (Å²) in [6.07, 6.45) is 5.30. The maximum atomic E-state index is 14.8. The van der Waals surface area contributed by atoms with E-state index in [0.29, 0.717) is 18.4 Å². The Bertz CT molecular complexity index is 1160. The number of nitrogens with zero attached hydrogens (tertiary/aromatic N) is 6. The molecule has 10 heteroatoms. The lowest BCUT2D eigenvalue weighted by atomic mass is 9.99. The van der Waals surface area contributed by atoms with Crippen molar-refractivity contribution in [3.63, 3.8) is 0 Å². The van der Waals surface area contributed by atoms with Gasteiger partial charge in [0.1, 0.15) is 34.8 Å². The molecule has 0 aliphatic carbocycles. The normalized spacial score (nSPS) is 18.1. The van der Waals surface area contributed by atoms with Crippen molar-refractivity contribution in [1.29, 1.82) is 5.26 Å². The lowest BCUT2D eigenvalue weighted by Gasteiger charge is -2.38. The molecule has 164 valence electrons. The molecular formula is C22H21FN6O3. The Morgan fingerprint density at radius 3 is 2.72 bits per heavy atom. The van der Waals surface area contributed by atoms with E-state index in [0.717, 1.165) is 0 Å². The first-order chi connectivity index (χ1) is 15.5. The average Bonchev–Trinajstić information content (AvgIpc) is 3.34.